The number of benzene rings is 1. The summed E-state index contributed by atoms with van der Waals surface area (Å²) in [5.74, 6) is 0.135. The minimum atomic E-state index is -0.0813. The van der Waals surface area contributed by atoms with Crippen LogP contribution in [-0.4, -0.2) is 36.3 Å². The highest BCUT2D eigenvalue weighted by atomic mass is 35.5. The summed E-state index contributed by atoms with van der Waals surface area (Å²) in [4.78, 5) is 25.2. The van der Waals surface area contributed by atoms with Crippen molar-refractivity contribution >= 4 is 24.2 Å². The van der Waals surface area contributed by atoms with Gasteiger partial charge in [-0.1, -0.05) is 12.1 Å². The van der Waals surface area contributed by atoms with Crippen molar-refractivity contribution in [3.63, 3.8) is 0 Å². The maximum Gasteiger partial charge on any atom is 0.251 e. The first-order valence-electron chi connectivity index (χ1n) is 7.05. The van der Waals surface area contributed by atoms with Gasteiger partial charge in [0.05, 0.1) is 0 Å². The van der Waals surface area contributed by atoms with E-state index < -0.39 is 0 Å². The Morgan fingerprint density at radius 1 is 1.29 bits per heavy atom. The van der Waals surface area contributed by atoms with E-state index in [-0.39, 0.29) is 24.2 Å². The number of hydrogen-bond donors (Lipinski definition) is 2. The molecule has 0 radical (unpaired) electrons. The molecule has 6 heteroatoms. The number of rotatable bonds is 6. The summed E-state index contributed by atoms with van der Waals surface area (Å²) in [7, 11) is 0. The Morgan fingerprint density at radius 2 is 2.00 bits per heavy atom. The molecule has 0 aromatic heterocycles. The number of amides is 2. The molecule has 5 nitrogen and oxygen atoms in total. The molecule has 2 rings (SSSR count). The number of carbonyl (C=O) groups is 2. The van der Waals surface area contributed by atoms with Crippen molar-refractivity contribution in [2.24, 2.45) is 5.73 Å². The van der Waals surface area contributed by atoms with Crippen molar-refractivity contribution in [1.82, 2.24) is 10.2 Å². The number of nitrogens with one attached hydrogen (secondary N) is 1. The Bertz CT molecular complexity index is 476. The van der Waals surface area contributed by atoms with E-state index in [0.717, 1.165) is 24.9 Å². The van der Waals surface area contributed by atoms with Crippen LogP contribution in [-0.2, 0) is 11.3 Å². The van der Waals surface area contributed by atoms with Crippen LogP contribution in [0.3, 0.4) is 0 Å². The van der Waals surface area contributed by atoms with Gasteiger partial charge in [-0.15, -0.1) is 12.4 Å². The summed E-state index contributed by atoms with van der Waals surface area (Å²) < 4.78 is 0. The molecular formula is C15H22ClN3O2. The number of likely N-dealkylation sites (tertiary alicyclic amines) is 1. The van der Waals surface area contributed by atoms with E-state index >= 15 is 0 Å². The molecule has 21 heavy (non-hydrogen) atoms. The van der Waals surface area contributed by atoms with Crippen LogP contribution in [0.4, 0.5) is 0 Å². The van der Waals surface area contributed by atoms with Crippen LogP contribution >= 0.6 is 12.4 Å². The zero-order valence-electron chi connectivity index (χ0n) is 12.0. The van der Waals surface area contributed by atoms with Gasteiger partial charge in [-0.3, -0.25) is 9.59 Å². The monoisotopic (exact) mass is 311 g/mol. The third-order valence-electron chi connectivity index (χ3n) is 3.43. The molecule has 116 valence electrons. The summed E-state index contributed by atoms with van der Waals surface area (Å²) in [6.07, 6.45) is 2.38. The molecule has 0 spiro atoms. The highest BCUT2D eigenvalue weighted by Gasteiger charge is 2.19. The van der Waals surface area contributed by atoms with Crippen LogP contribution in [0, 0.1) is 0 Å². The lowest BCUT2D eigenvalue weighted by atomic mass is 10.1. The van der Waals surface area contributed by atoms with E-state index in [1.54, 1.807) is 12.1 Å². The molecule has 0 atom stereocenters. The summed E-state index contributed by atoms with van der Waals surface area (Å²) in [5.41, 5.74) is 7.07. The molecule has 1 saturated heterocycles. The van der Waals surface area contributed by atoms with Gasteiger partial charge in [0.25, 0.3) is 5.91 Å². The lowest BCUT2D eigenvalue weighted by Crippen LogP contribution is -2.26. The normalized spacial score (nSPS) is 14.0. The van der Waals surface area contributed by atoms with Gasteiger partial charge in [-0.05, 0) is 37.1 Å². The van der Waals surface area contributed by atoms with E-state index in [1.807, 2.05) is 17.0 Å². The lowest BCUT2D eigenvalue weighted by molar-refractivity contribution is -0.128. The maximum atomic E-state index is 11.8. The van der Waals surface area contributed by atoms with Crippen molar-refractivity contribution in [1.29, 1.82) is 0 Å². The zero-order valence-corrected chi connectivity index (χ0v) is 12.8. The molecule has 0 saturated carbocycles. The van der Waals surface area contributed by atoms with Crippen molar-refractivity contribution in [2.45, 2.75) is 25.8 Å². The molecule has 1 aromatic rings. The van der Waals surface area contributed by atoms with Gasteiger partial charge in [-0.2, -0.15) is 0 Å². The van der Waals surface area contributed by atoms with Gasteiger partial charge in [0.1, 0.15) is 0 Å². The standard InChI is InChI=1S/C15H21N3O2.ClH/c16-8-2-9-17-15(20)13-6-4-12(5-7-13)11-18-10-1-3-14(18)19;/h4-7H,1-3,8-11,16H2,(H,17,20);1H. The molecule has 0 bridgehead atoms. The Hall–Kier alpha value is -1.59. The van der Waals surface area contributed by atoms with E-state index in [0.29, 0.717) is 31.6 Å². The number of nitrogens with two attached hydrogens (primary N) is 1. The van der Waals surface area contributed by atoms with Gasteiger partial charge in [-0.25, -0.2) is 0 Å². The van der Waals surface area contributed by atoms with Crippen molar-refractivity contribution in [2.75, 3.05) is 19.6 Å². The van der Waals surface area contributed by atoms with Gasteiger partial charge in [0.2, 0.25) is 5.91 Å². The molecule has 1 heterocycles. The average Bonchev–Trinajstić information content (AvgIpc) is 2.85. The molecule has 1 aliphatic rings. The number of halogens is 1. The molecule has 0 aliphatic carbocycles. The van der Waals surface area contributed by atoms with Crippen molar-refractivity contribution in [3.8, 4) is 0 Å². The summed E-state index contributed by atoms with van der Waals surface area (Å²) >= 11 is 0. The smallest absolute Gasteiger partial charge is 0.251 e. The van der Waals surface area contributed by atoms with E-state index in [2.05, 4.69) is 5.32 Å². The molecule has 1 fully saturated rings. The molecular weight excluding hydrogens is 290 g/mol. The maximum absolute atomic E-state index is 11.8. The van der Waals surface area contributed by atoms with Crippen LogP contribution in [0.1, 0.15) is 35.2 Å². The van der Waals surface area contributed by atoms with Crippen LogP contribution in [0.25, 0.3) is 0 Å². The second kappa shape index (κ2) is 8.64. The minimum absolute atomic E-state index is 0. The summed E-state index contributed by atoms with van der Waals surface area (Å²) in [6, 6.07) is 7.41. The quantitative estimate of drug-likeness (QED) is 0.778. The average molecular weight is 312 g/mol. The minimum Gasteiger partial charge on any atom is -0.352 e. The van der Waals surface area contributed by atoms with E-state index in [4.69, 9.17) is 5.73 Å². The number of nitrogens with zero attached hydrogens (tertiary/aromatic N) is 1. The lowest BCUT2D eigenvalue weighted by Gasteiger charge is -2.15. The summed E-state index contributed by atoms with van der Waals surface area (Å²) in [5, 5.41) is 2.82. The molecule has 2 amide bonds. The predicted octanol–water partition coefficient (Wildman–Crippen LogP) is 1.31. The fraction of sp³-hybridized carbons (Fsp3) is 0.467. The highest BCUT2D eigenvalue weighted by Crippen LogP contribution is 2.14. The van der Waals surface area contributed by atoms with Crippen molar-refractivity contribution < 1.29 is 9.59 Å². The Morgan fingerprint density at radius 3 is 2.57 bits per heavy atom. The summed E-state index contributed by atoms with van der Waals surface area (Å²) in [6.45, 7) is 2.64. The first kappa shape index (κ1) is 17.5. The molecule has 0 unspecified atom stereocenters. The first-order valence-corrected chi connectivity index (χ1v) is 7.05. The Balaban J connectivity index is 0.00000220. The topological polar surface area (TPSA) is 75.4 Å². The van der Waals surface area contributed by atoms with Gasteiger partial charge < -0.3 is 16.0 Å². The molecule has 3 N–H and O–H groups in total. The van der Waals surface area contributed by atoms with Crippen LogP contribution in [0.15, 0.2) is 24.3 Å². The predicted molar refractivity (Wildman–Crippen MR) is 84.3 cm³/mol. The Labute approximate surface area is 131 Å². The zero-order chi connectivity index (χ0) is 14.4. The fourth-order valence-corrected chi connectivity index (χ4v) is 2.26. The number of hydrogen-bond acceptors (Lipinski definition) is 3. The number of carbonyl (C=O) groups excluding carboxylic acids is 2. The Kier molecular flexibility index (Phi) is 7.19. The SMILES string of the molecule is Cl.NCCCNC(=O)c1ccc(CN2CCCC2=O)cc1. The van der Waals surface area contributed by atoms with Gasteiger partial charge >= 0.3 is 0 Å². The highest BCUT2D eigenvalue weighted by molar-refractivity contribution is 5.94. The first-order chi connectivity index (χ1) is 9.70. The third kappa shape index (κ3) is 5.02. The molecule has 1 aliphatic heterocycles. The van der Waals surface area contributed by atoms with Gasteiger partial charge in [0.15, 0.2) is 0 Å². The largest absolute Gasteiger partial charge is 0.352 e. The van der Waals surface area contributed by atoms with Crippen LogP contribution < -0.4 is 11.1 Å². The van der Waals surface area contributed by atoms with E-state index in [9.17, 15) is 9.59 Å². The molecule has 1 aromatic carbocycles. The van der Waals surface area contributed by atoms with Crippen LogP contribution in [0.5, 0.6) is 0 Å². The fourth-order valence-electron chi connectivity index (χ4n) is 2.26. The second-order valence-electron chi connectivity index (χ2n) is 5.01. The van der Waals surface area contributed by atoms with E-state index in [1.165, 1.54) is 0 Å². The van der Waals surface area contributed by atoms with Crippen molar-refractivity contribution in [3.05, 3.63) is 35.4 Å². The van der Waals surface area contributed by atoms with Crippen LogP contribution in [0.2, 0.25) is 0 Å². The van der Waals surface area contributed by atoms with Gasteiger partial charge in [0, 0.05) is 31.6 Å². The third-order valence-corrected chi connectivity index (χ3v) is 3.43. The second-order valence-corrected chi connectivity index (χ2v) is 5.01.